The fourth-order valence-electron chi connectivity index (χ4n) is 2.04. The van der Waals surface area contributed by atoms with Crippen LogP contribution in [0.5, 0.6) is 0 Å². The van der Waals surface area contributed by atoms with E-state index in [0.29, 0.717) is 0 Å². The molecule has 2 aromatic heterocycles. The van der Waals surface area contributed by atoms with Crippen LogP contribution in [0.4, 0.5) is 0 Å². The summed E-state index contributed by atoms with van der Waals surface area (Å²) in [5.41, 5.74) is 2.20. The van der Waals surface area contributed by atoms with E-state index in [0.717, 1.165) is 29.7 Å². The van der Waals surface area contributed by atoms with E-state index >= 15 is 0 Å². The van der Waals surface area contributed by atoms with Gasteiger partial charge in [-0.1, -0.05) is 0 Å². The van der Waals surface area contributed by atoms with Crippen molar-refractivity contribution in [1.29, 1.82) is 0 Å². The Kier molecular flexibility index (Phi) is 3.00. The van der Waals surface area contributed by atoms with Crippen LogP contribution in [0.2, 0.25) is 0 Å². The Hall–Kier alpha value is -2.21. The van der Waals surface area contributed by atoms with Crippen LogP contribution in [0, 0.1) is 0 Å². The van der Waals surface area contributed by atoms with Crippen molar-refractivity contribution in [3.8, 4) is 5.69 Å². The van der Waals surface area contributed by atoms with Crippen LogP contribution in [0.1, 0.15) is 0 Å². The van der Waals surface area contributed by atoms with Gasteiger partial charge in [0, 0.05) is 17.6 Å². The highest BCUT2D eigenvalue weighted by Crippen LogP contribution is 2.18. The molecule has 0 radical (unpaired) electrons. The fraction of sp³-hybridized carbons (Fsp3) is 0.308. The maximum absolute atomic E-state index is 4.44. The van der Waals surface area contributed by atoms with Gasteiger partial charge in [-0.2, -0.15) is 5.10 Å². The summed E-state index contributed by atoms with van der Waals surface area (Å²) in [5, 5.41) is 13.2. The molecule has 0 aliphatic heterocycles. The van der Waals surface area contributed by atoms with Crippen molar-refractivity contribution in [2.24, 2.45) is 0 Å². The van der Waals surface area contributed by atoms with E-state index in [2.05, 4.69) is 52.5 Å². The highest BCUT2D eigenvalue weighted by atomic mass is 15.3. The number of hydrogen-bond donors (Lipinski definition) is 0. The maximum Gasteiger partial charge on any atom is 0.123 e. The minimum Gasteiger partial charge on any atom is -0.308 e. The molecule has 98 valence electrons. The van der Waals surface area contributed by atoms with Gasteiger partial charge in [0.25, 0.3) is 0 Å². The van der Waals surface area contributed by atoms with Crippen LogP contribution in [-0.4, -0.2) is 50.1 Å². The quantitative estimate of drug-likeness (QED) is 0.703. The zero-order chi connectivity index (χ0) is 13.2. The summed E-state index contributed by atoms with van der Waals surface area (Å²) in [6.07, 6.45) is 5.29. The van der Waals surface area contributed by atoms with Gasteiger partial charge in [-0.3, -0.25) is 9.25 Å². The van der Waals surface area contributed by atoms with Gasteiger partial charge in [-0.15, -0.1) is 10.2 Å². The third kappa shape index (κ3) is 2.34. The van der Waals surface area contributed by atoms with Crippen molar-refractivity contribution in [1.82, 2.24) is 29.4 Å². The molecule has 19 heavy (non-hydrogen) atoms. The lowest BCUT2D eigenvalue weighted by atomic mass is 10.2. The third-order valence-corrected chi connectivity index (χ3v) is 3.10. The van der Waals surface area contributed by atoms with Gasteiger partial charge < -0.3 is 4.90 Å². The van der Waals surface area contributed by atoms with Crippen LogP contribution < -0.4 is 0 Å². The molecule has 0 atom stereocenters. The molecule has 3 aromatic rings. The first kappa shape index (κ1) is 11.9. The minimum absolute atomic E-state index is 0.891. The molecular formula is C13H16N6. The maximum atomic E-state index is 4.44. The molecule has 1 aromatic carbocycles. The SMILES string of the molecule is CN(C)CCn1ncc2cc(-n3cnnc3)ccc21. The van der Waals surface area contributed by atoms with E-state index in [1.165, 1.54) is 0 Å². The van der Waals surface area contributed by atoms with Crippen LogP contribution in [-0.2, 0) is 6.54 Å². The van der Waals surface area contributed by atoms with Crippen LogP contribution in [0.25, 0.3) is 16.6 Å². The van der Waals surface area contributed by atoms with Crippen LogP contribution in [0.3, 0.4) is 0 Å². The lowest BCUT2D eigenvalue weighted by molar-refractivity contribution is 0.377. The van der Waals surface area contributed by atoms with E-state index in [9.17, 15) is 0 Å². The predicted molar refractivity (Wildman–Crippen MR) is 73.2 cm³/mol. The molecule has 0 fully saturated rings. The number of benzene rings is 1. The molecule has 0 amide bonds. The zero-order valence-corrected chi connectivity index (χ0v) is 11.1. The normalized spacial score (nSPS) is 11.5. The summed E-state index contributed by atoms with van der Waals surface area (Å²) in [6, 6.07) is 6.24. The van der Waals surface area contributed by atoms with E-state index < -0.39 is 0 Å². The number of likely N-dealkylation sites (N-methyl/N-ethyl adjacent to an activating group) is 1. The molecule has 3 rings (SSSR count). The molecule has 2 heterocycles. The lowest BCUT2D eigenvalue weighted by Gasteiger charge is -2.10. The van der Waals surface area contributed by atoms with Gasteiger partial charge in [0.1, 0.15) is 12.7 Å². The second-order valence-corrected chi connectivity index (χ2v) is 4.78. The van der Waals surface area contributed by atoms with Crippen LogP contribution >= 0.6 is 0 Å². The summed E-state index contributed by atoms with van der Waals surface area (Å²) in [6.45, 7) is 1.87. The Labute approximate surface area is 111 Å². The Morgan fingerprint density at radius 3 is 2.68 bits per heavy atom. The Morgan fingerprint density at radius 1 is 1.16 bits per heavy atom. The molecule has 0 bridgehead atoms. The molecular weight excluding hydrogens is 240 g/mol. The molecule has 0 saturated carbocycles. The molecule has 0 aliphatic carbocycles. The lowest BCUT2D eigenvalue weighted by Crippen LogP contribution is -2.18. The summed E-state index contributed by atoms with van der Waals surface area (Å²) in [7, 11) is 4.13. The van der Waals surface area contributed by atoms with E-state index in [4.69, 9.17) is 0 Å². The Morgan fingerprint density at radius 2 is 1.95 bits per heavy atom. The van der Waals surface area contributed by atoms with E-state index in [-0.39, 0.29) is 0 Å². The molecule has 0 spiro atoms. The minimum atomic E-state index is 0.891. The van der Waals surface area contributed by atoms with Crippen molar-refractivity contribution < 1.29 is 0 Å². The molecule has 6 heteroatoms. The third-order valence-electron chi connectivity index (χ3n) is 3.10. The molecule has 6 nitrogen and oxygen atoms in total. The first-order valence-electron chi connectivity index (χ1n) is 6.19. The van der Waals surface area contributed by atoms with Gasteiger partial charge in [-0.05, 0) is 32.3 Å². The average molecular weight is 256 g/mol. The predicted octanol–water partition coefficient (Wildman–Crippen LogP) is 1.18. The standard InChI is InChI=1S/C13H16N6/c1-17(2)5-6-19-13-4-3-12(7-11(13)8-16-19)18-9-14-15-10-18/h3-4,7-10H,5-6H2,1-2H3. The largest absolute Gasteiger partial charge is 0.308 e. The van der Waals surface area contributed by atoms with Gasteiger partial charge in [0.15, 0.2) is 0 Å². The van der Waals surface area contributed by atoms with Gasteiger partial charge >= 0.3 is 0 Å². The summed E-state index contributed by atoms with van der Waals surface area (Å²) in [5.74, 6) is 0. The van der Waals surface area contributed by atoms with Gasteiger partial charge in [-0.25, -0.2) is 0 Å². The second-order valence-electron chi connectivity index (χ2n) is 4.78. The fourth-order valence-corrected chi connectivity index (χ4v) is 2.04. The highest BCUT2D eigenvalue weighted by molar-refractivity contribution is 5.80. The topological polar surface area (TPSA) is 51.8 Å². The number of rotatable bonds is 4. The summed E-state index contributed by atoms with van der Waals surface area (Å²) < 4.78 is 3.92. The Bertz CT molecular complexity index is 668. The van der Waals surface area contributed by atoms with Crippen molar-refractivity contribution in [3.63, 3.8) is 0 Å². The number of hydrogen-bond acceptors (Lipinski definition) is 4. The summed E-state index contributed by atoms with van der Waals surface area (Å²) in [4.78, 5) is 2.15. The molecule has 0 N–H and O–H groups in total. The van der Waals surface area contributed by atoms with Gasteiger partial charge in [0.05, 0.1) is 18.3 Å². The van der Waals surface area contributed by atoms with Crippen LogP contribution in [0.15, 0.2) is 37.1 Å². The van der Waals surface area contributed by atoms with Crippen molar-refractivity contribution in [3.05, 3.63) is 37.1 Å². The second kappa shape index (κ2) is 4.81. The molecule has 0 unspecified atom stereocenters. The number of fused-ring (bicyclic) bond motifs is 1. The van der Waals surface area contributed by atoms with Crippen molar-refractivity contribution in [2.45, 2.75) is 6.54 Å². The van der Waals surface area contributed by atoms with Gasteiger partial charge in [0.2, 0.25) is 0 Å². The monoisotopic (exact) mass is 256 g/mol. The summed E-state index contributed by atoms with van der Waals surface area (Å²) >= 11 is 0. The highest BCUT2D eigenvalue weighted by Gasteiger charge is 2.05. The molecule has 0 saturated heterocycles. The smallest absolute Gasteiger partial charge is 0.123 e. The average Bonchev–Trinajstić information content (AvgIpc) is 3.05. The first-order chi connectivity index (χ1) is 9.24. The number of nitrogens with zero attached hydrogens (tertiary/aromatic N) is 6. The van der Waals surface area contributed by atoms with Crippen molar-refractivity contribution >= 4 is 10.9 Å². The Balaban J connectivity index is 1.93. The number of aromatic nitrogens is 5. The molecule has 0 aliphatic rings. The van der Waals surface area contributed by atoms with E-state index in [1.807, 2.05) is 15.4 Å². The van der Waals surface area contributed by atoms with E-state index in [1.54, 1.807) is 12.7 Å². The zero-order valence-electron chi connectivity index (χ0n) is 11.1. The first-order valence-corrected chi connectivity index (χ1v) is 6.19. The van der Waals surface area contributed by atoms with Crippen molar-refractivity contribution in [2.75, 3.05) is 20.6 Å².